The lowest BCUT2D eigenvalue weighted by atomic mass is 9.91. The molecular formula is C14H12ClNS. The van der Waals surface area contributed by atoms with Gasteiger partial charge < -0.3 is 5.73 Å². The fourth-order valence-electron chi connectivity index (χ4n) is 1.82. The van der Waals surface area contributed by atoms with Crippen LogP contribution in [0.25, 0.3) is 0 Å². The third-order valence-electron chi connectivity index (χ3n) is 2.62. The molecule has 0 aromatic heterocycles. The molecule has 2 aromatic rings. The predicted molar refractivity (Wildman–Crippen MR) is 76.5 cm³/mol. The van der Waals surface area contributed by atoms with E-state index < -0.39 is 0 Å². The van der Waals surface area contributed by atoms with Crippen molar-refractivity contribution in [2.45, 2.75) is 5.92 Å². The standard InChI is InChI=1S/C14H12ClNS/c15-12-8-6-11(7-9-12)13(14(16)17)10-4-2-1-3-5-10/h1-9,13H,(H2,16,17)/t13-/m1/s1. The molecule has 0 spiro atoms. The van der Waals surface area contributed by atoms with Gasteiger partial charge in [-0.25, -0.2) is 0 Å². The maximum atomic E-state index is 5.88. The summed E-state index contributed by atoms with van der Waals surface area (Å²) in [6.45, 7) is 0. The van der Waals surface area contributed by atoms with Crippen LogP contribution in [0, 0.1) is 0 Å². The van der Waals surface area contributed by atoms with Crippen molar-refractivity contribution in [1.82, 2.24) is 0 Å². The molecule has 0 bridgehead atoms. The zero-order valence-electron chi connectivity index (χ0n) is 9.14. The lowest BCUT2D eigenvalue weighted by Crippen LogP contribution is -2.20. The van der Waals surface area contributed by atoms with E-state index in [0.29, 0.717) is 10.0 Å². The molecule has 0 fully saturated rings. The highest BCUT2D eigenvalue weighted by Gasteiger charge is 2.16. The first-order chi connectivity index (χ1) is 8.18. The number of hydrogen-bond acceptors (Lipinski definition) is 1. The Bertz CT molecular complexity index is 508. The number of hydrogen-bond donors (Lipinski definition) is 1. The summed E-state index contributed by atoms with van der Waals surface area (Å²) >= 11 is 11.0. The summed E-state index contributed by atoms with van der Waals surface area (Å²) in [5.74, 6) is -0.0523. The van der Waals surface area contributed by atoms with Crippen molar-refractivity contribution in [1.29, 1.82) is 0 Å². The molecule has 0 radical (unpaired) electrons. The van der Waals surface area contributed by atoms with Gasteiger partial charge in [-0.15, -0.1) is 0 Å². The van der Waals surface area contributed by atoms with Crippen LogP contribution in [0.4, 0.5) is 0 Å². The van der Waals surface area contributed by atoms with E-state index in [1.165, 1.54) is 0 Å². The molecular weight excluding hydrogens is 250 g/mol. The Balaban J connectivity index is 2.43. The van der Waals surface area contributed by atoms with Gasteiger partial charge in [0.1, 0.15) is 0 Å². The third-order valence-corrected chi connectivity index (χ3v) is 3.11. The van der Waals surface area contributed by atoms with E-state index in [-0.39, 0.29) is 5.92 Å². The molecule has 1 atom stereocenters. The van der Waals surface area contributed by atoms with Gasteiger partial charge >= 0.3 is 0 Å². The number of rotatable bonds is 3. The molecule has 2 N–H and O–H groups in total. The second kappa shape index (κ2) is 5.30. The SMILES string of the molecule is NC(=S)[C@H](c1ccccc1)c1ccc(Cl)cc1. The molecule has 1 nitrogen and oxygen atoms in total. The van der Waals surface area contributed by atoms with Gasteiger partial charge in [-0.2, -0.15) is 0 Å². The van der Waals surface area contributed by atoms with Crippen molar-refractivity contribution in [3.05, 3.63) is 70.7 Å². The lowest BCUT2D eigenvalue weighted by molar-refractivity contribution is 1.08. The molecule has 3 heteroatoms. The fraction of sp³-hybridized carbons (Fsp3) is 0.0714. The number of thiocarbonyl (C=S) groups is 1. The molecule has 0 amide bonds. The van der Waals surface area contributed by atoms with E-state index in [1.54, 1.807) is 0 Å². The molecule has 0 aliphatic carbocycles. The summed E-state index contributed by atoms with van der Waals surface area (Å²) in [7, 11) is 0. The Morgan fingerprint density at radius 1 is 0.941 bits per heavy atom. The van der Waals surface area contributed by atoms with Gasteiger partial charge in [0.15, 0.2) is 0 Å². The average Bonchev–Trinajstić information content (AvgIpc) is 2.33. The smallest absolute Gasteiger partial charge is 0.0848 e. The Morgan fingerprint density at radius 3 is 2.00 bits per heavy atom. The minimum absolute atomic E-state index is 0.0523. The first-order valence-corrected chi connectivity index (χ1v) is 6.07. The topological polar surface area (TPSA) is 26.0 Å². The Hall–Kier alpha value is -1.38. The van der Waals surface area contributed by atoms with Gasteiger partial charge in [-0.1, -0.05) is 66.3 Å². The minimum atomic E-state index is -0.0523. The monoisotopic (exact) mass is 261 g/mol. The third kappa shape index (κ3) is 2.84. The quantitative estimate of drug-likeness (QED) is 0.852. The molecule has 17 heavy (non-hydrogen) atoms. The van der Waals surface area contributed by atoms with Gasteiger partial charge in [-0.3, -0.25) is 0 Å². The summed E-state index contributed by atoms with van der Waals surface area (Å²) in [6, 6.07) is 17.6. The molecule has 2 aromatic carbocycles. The molecule has 0 saturated carbocycles. The van der Waals surface area contributed by atoms with E-state index in [4.69, 9.17) is 29.6 Å². The molecule has 0 saturated heterocycles. The summed E-state index contributed by atoms with van der Waals surface area (Å²) < 4.78 is 0. The van der Waals surface area contributed by atoms with E-state index in [0.717, 1.165) is 11.1 Å². The number of halogens is 1. The van der Waals surface area contributed by atoms with E-state index in [2.05, 4.69) is 0 Å². The van der Waals surface area contributed by atoms with Gasteiger partial charge in [0.05, 0.1) is 10.9 Å². The van der Waals surface area contributed by atoms with Gasteiger partial charge in [-0.05, 0) is 23.3 Å². The fourth-order valence-corrected chi connectivity index (χ4v) is 2.22. The second-order valence-corrected chi connectivity index (χ2v) is 4.71. The molecule has 0 heterocycles. The van der Waals surface area contributed by atoms with Crippen molar-refractivity contribution < 1.29 is 0 Å². The van der Waals surface area contributed by atoms with Crippen molar-refractivity contribution in [3.63, 3.8) is 0 Å². The summed E-state index contributed by atoms with van der Waals surface area (Å²) in [5, 5.41) is 0.712. The van der Waals surface area contributed by atoms with Crippen LogP contribution >= 0.6 is 23.8 Å². The first-order valence-electron chi connectivity index (χ1n) is 5.28. The van der Waals surface area contributed by atoms with Gasteiger partial charge in [0.25, 0.3) is 0 Å². The maximum Gasteiger partial charge on any atom is 0.0848 e. The van der Waals surface area contributed by atoms with Crippen LogP contribution in [0.2, 0.25) is 5.02 Å². The van der Waals surface area contributed by atoms with E-state index in [1.807, 2.05) is 54.6 Å². The van der Waals surface area contributed by atoms with Crippen LogP contribution in [0.3, 0.4) is 0 Å². The summed E-state index contributed by atoms with van der Waals surface area (Å²) in [4.78, 5) is 0.471. The molecule has 0 aliphatic heterocycles. The summed E-state index contributed by atoms with van der Waals surface area (Å²) in [5.41, 5.74) is 8.00. The zero-order chi connectivity index (χ0) is 12.3. The van der Waals surface area contributed by atoms with Crippen LogP contribution in [0.15, 0.2) is 54.6 Å². The van der Waals surface area contributed by atoms with Crippen LogP contribution in [-0.4, -0.2) is 4.99 Å². The molecule has 2 rings (SSSR count). The largest absolute Gasteiger partial charge is 0.393 e. The Labute approximate surface area is 111 Å². The van der Waals surface area contributed by atoms with Crippen molar-refractivity contribution in [2.24, 2.45) is 5.73 Å². The van der Waals surface area contributed by atoms with Gasteiger partial charge in [0.2, 0.25) is 0 Å². The van der Waals surface area contributed by atoms with Crippen molar-refractivity contribution in [2.75, 3.05) is 0 Å². The highest BCUT2D eigenvalue weighted by atomic mass is 35.5. The summed E-state index contributed by atoms with van der Waals surface area (Å²) in [6.07, 6.45) is 0. The van der Waals surface area contributed by atoms with Crippen LogP contribution in [0.5, 0.6) is 0 Å². The van der Waals surface area contributed by atoms with Crippen molar-refractivity contribution in [3.8, 4) is 0 Å². The van der Waals surface area contributed by atoms with E-state index in [9.17, 15) is 0 Å². The van der Waals surface area contributed by atoms with Gasteiger partial charge in [0, 0.05) is 5.02 Å². The van der Waals surface area contributed by atoms with Crippen molar-refractivity contribution >= 4 is 28.8 Å². The molecule has 86 valence electrons. The first kappa shape index (κ1) is 12.1. The maximum absolute atomic E-state index is 5.88. The van der Waals surface area contributed by atoms with Crippen LogP contribution in [0.1, 0.15) is 17.0 Å². The highest BCUT2D eigenvalue weighted by molar-refractivity contribution is 7.80. The number of nitrogens with two attached hydrogens (primary N) is 1. The van der Waals surface area contributed by atoms with E-state index >= 15 is 0 Å². The van der Waals surface area contributed by atoms with Crippen LogP contribution in [-0.2, 0) is 0 Å². The Morgan fingerprint density at radius 2 is 1.47 bits per heavy atom. The predicted octanol–water partition coefficient (Wildman–Crippen LogP) is 3.76. The molecule has 0 unspecified atom stereocenters. The average molecular weight is 262 g/mol. The lowest BCUT2D eigenvalue weighted by Gasteiger charge is -2.16. The Kier molecular flexibility index (Phi) is 3.77. The normalized spacial score (nSPS) is 12.1. The minimum Gasteiger partial charge on any atom is -0.393 e. The van der Waals surface area contributed by atoms with Crippen LogP contribution < -0.4 is 5.73 Å². The number of benzene rings is 2. The zero-order valence-corrected chi connectivity index (χ0v) is 10.7. The highest BCUT2D eigenvalue weighted by Crippen LogP contribution is 2.26. The molecule has 0 aliphatic rings. The second-order valence-electron chi connectivity index (χ2n) is 3.80.